The van der Waals surface area contributed by atoms with Crippen molar-refractivity contribution in [1.29, 1.82) is 0 Å². The van der Waals surface area contributed by atoms with Crippen LogP contribution >= 0.6 is 0 Å². The molecule has 5 heteroatoms. The molecule has 4 nitrogen and oxygen atoms in total. The quantitative estimate of drug-likeness (QED) is 0.320. The molecule has 154 valence electrons. The van der Waals surface area contributed by atoms with Crippen LogP contribution in [0.1, 0.15) is 96.1 Å². The van der Waals surface area contributed by atoms with E-state index >= 15 is 0 Å². The van der Waals surface area contributed by atoms with Crippen LogP contribution in [-0.2, 0) is 16.1 Å². The monoisotopic (exact) mass is 395 g/mol. The fourth-order valence-electron chi connectivity index (χ4n) is 2.63. The molecule has 0 heterocycles. The topological polar surface area (TPSA) is 61.4 Å². The van der Waals surface area contributed by atoms with Gasteiger partial charge in [-0.3, -0.25) is 0 Å². The summed E-state index contributed by atoms with van der Waals surface area (Å²) >= 11 is -1.15. The second-order valence-corrected chi connectivity index (χ2v) is 10.8. The predicted molar refractivity (Wildman–Crippen MR) is 114 cm³/mol. The molecule has 1 aromatic carbocycles. The second-order valence-electron chi connectivity index (χ2n) is 8.81. The van der Waals surface area contributed by atoms with Gasteiger partial charge in [0, 0.05) is 11.4 Å². The summed E-state index contributed by atoms with van der Waals surface area (Å²) in [6, 6.07) is 7.48. The highest BCUT2D eigenvalue weighted by molar-refractivity contribution is 7.90. The lowest BCUT2D eigenvalue weighted by Gasteiger charge is -2.28. The summed E-state index contributed by atoms with van der Waals surface area (Å²) in [5.74, 6) is 0.391. The van der Waals surface area contributed by atoms with Crippen LogP contribution in [0.5, 0.6) is 0 Å². The third-order valence-corrected chi connectivity index (χ3v) is 5.83. The highest BCUT2D eigenvalue weighted by Gasteiger charge is 2.29. The van der Waals surface area contributed by atoms with Crippen LogP contribution in [0.15, 0.2) is 24.3 Å². The van der Waals surface area contributed by atoms with Crippen LogP contribution < -0.4 is 4.72 Å². The van der Waals surface area contributed by atoms with E-state index in [0.29, 0.717) is 11.5 Å². The smallest absolute Gasteiger partial charge is 0.338 e. The molecule has 0 aliphatic heterocycles. The molecule has 1 unspecified atom stereocenters. The number of esters is 1. The first-order valence-electron chi connectivity index (χ1n) is 9.99. The van der Waals surface area contributed by atoms with Gasteiger partial charge in [-0.1, -0.05) is 45.2 Å². The summed E-state index contributed by atoms with van der Waals surface area (Å²) in [4.78, 5) is 12.0. The Balaban J connectivity index is 2.85. The van der Waals surface area contributed by atoms with Crippen LogP contribution in [0.3, 0.4) is 0 Å². The van der Waals surface area contributed by atoms with E-state index in [2.05, 4.69) is 18.6 Å². The maximum absolute atomic E-state index is 12.6. The summed E-state index contributed by atoms with van der Waals surface area (Å²) in [6.45, 7) is 14.1. The first kappa shape index (κ1) is 24.0. The molecular formula is C22H37NO3S. The van der Waals surface area contributed by atoms with Crippen molar-refractivity contribution in [2.45, 2.75) is 91.0 Å². The molecule has 1 aromatic rings. The highest BCUT2D eigenvalue weighted by atomic mass is 32.2. The molecular weight excluding hydrogens is 358 g/mol. The van der Waals surface area contributed by atoms with Crippen molar-refractivity contribution >= 4 is 17.3 Å². The number of unbranched alkanes of at least 4 members (excludes halogenated alkanes) is 1. The molecule has 0 spiro atoms. The fourth-order valence-corrected chi connectivity index (χ4v) is 3.50. The van der Waals surface area contributed by atoms with Crippen molar-refractivity contribution in [1.82, 2.24) is 4.72 Å². The van der Waals surface area contributed by atoms with E-state index < -0.39 is 11.4 Å². The summed E-state index contributed by atoms with van der Waals surface area (Å²) in [5, 5.41) is 0. The number of carbonyl (C=O) groups excluding carboxylic acids is 1. The van der Waals surface area contributed by atoms with Crippen molar-refractivity contribution in [3.63, 3.8) is 0 Å². The van der Waals surface area contributed by atoms with E-state index in [1.54, 1.807) is 12.1 Å². The Morgan fingerprint density at radius 2 is 1.63 bits per heavy atom. The minimum Gasteiger partial charge on any atom is -0.598 e. The number of hydrogen-bond donors (Lipinski definition) is 1. The standard InChI is InChI=1S/C22H37NO3S/c1-16(2)10-8-9-11-20(23-27(25)22(5,6)7)18-12-14-19(15-13-18)21(24)26-17(3)4/h12-17,20,23H,8-11H2,1-7H3/t20-,27?/m1/s1. The van der Waals surface area contributed by atoms with Gasteiger partial charge in [0.15, 0.2) is 0 Å². The van der Waals surface area contributed by atoms with E-state index in [1.807, 2.05) is 46.8 Å². The van der Waals surface area contributed by atoms with E-state index in [9.17, 15) is 9.35 Å². The first-order chi connectivity index (χ1) is 12.5. The highest BCUT2D eigenvalue weighted by Crippen LogP contribution is 2.25. The number of carbonyl (C=O) groups is 1. The van der Waals surface area contributed by atoms with Crippen molar-refractivity contribution < 1.29 is 14.1 Å². The Morgan fingerprint density at radius 1 is 1.07 bits per heavy atom. The molecule has 0 saturated carbocycles. The van der Waals surface area contributed by atoms with Gasteiger partial charge in [-0.05, 0) is 64.7 Å². The van der Waals surface area contributed by atoms with Crippen LogP contribution in [-0.4, -0.2) is 21.4 Å². The lowest BCUT2D eigenvalue weighted by Crippen LogP contribution is -2.41. The molecule has 27 heavy (non-hydrogen) atoms. The van der Waals surface area contributed by atoms with Gasteiger partial charge in [0.05, 0.1) is 17.7 Å². The number of rotatable bonds is 10. The minimum atomic E-state index is -1.15. The predicted octanol–water partition coefficient (Wildman–Crippen LogP) is 5.56. The molecule has 1 rings (SSSR count). The van der Waals surface area contributed by atoms with Crippen LogP contribution in [0.25, 0.3) is 0 Å². The molecule has 0 bridgehead atoms. The third kappa shape index (κ3) is 9.13. The van der Waals surface area contributed by atoms with Crippen molar-refractivity contribution in [2.75, 3.05) is 0 Å². The Morgan fingerprint density at radius 3 is 2.11 bits per heavy atom. The molecule has 0 radical (unpaired) electrons. The zero-order valence-corrected chi connectivity index (χ0v) is 18.8. The van der Waals surface area contributed by atoms with Gasteiger partial charge >= 0.3 is 5.97 Å². The Labute approximate surface area is 168 Å². The average molecular weight is 396 g/mol. The minimum absolute atomic E-state index is 0.00684. The van der Waals surface area contributed by atoms with Crippen LogP contribution in [0.2, 0.25) is 0 Å². The van der Waals surface area contributed by atoms with Crippen molar-refractivity contribution in [3.05, 3.63) is 35.4 Å². The van der Waals surface area contributed by atoms with Gasteiger partial charge in [-0.15, -0.1) is 4.72 Å². The molecule has 0 amide bonds. The zero-order chi connectivity index (χ0) is 20.6. The van der Waals surface area contributed by atoms with Gasteiger partial charge < -0.3 is 9.29 Å². The molecule has 0 aliphatic carbocycles. The number of ether oxygens (including phenoxy) is 1. The van der Waals surface area contributed by atoms with Gasteiger partial charge in [0.25, 0.3) is 0 Å². The van der Waals surface area contributed by atoms with Crippen LogP contribution in [0.4, 0.5) is 0 Å². The summed E-state index contributed by atoms with van der Waals surface area (Å²) < 4.78 is 20.8. The van der Waals surface area contributed by atoms with E-state index in [-0.39, 0.29) is 22.9 Å². The Bertz CT molecular complexity index is 564. The maximum Gasteiger partial charge on any atom is 0.338 e. The average Bonchev–Trinajstić information content (AvgIpc) is 2.55. The number of nitrogens with one attached hydrogen (secondary N) is 1. The van der Waals surface area contributed by atoms with Gasteiger partial charge in [0.1, 0.15) is 4.75 Å². The maximum atomic E-state index is 12.6. The third-order valence-electron chi connectivity index (χ3n) is 4.22. The van der Waals surface area contributed by atoms with Crippen molar-refractivity contribution in [2.24, 2.45) is 5.92 Å². The molecule has 1 N–H and O–H groups in total. The normalized spacial score (nSPS) is 14.4. The van der Waals surface area contributed by atoms with Gasteiger partial charge in [-0.2, -0.15) is 0 Å². The Hall–Kier alpha value is -1.04. The van der Waals surface area contributed by atoms with Gasteiger partial charge in [0.2, 0.25) is 0 Å². The number of hydrogen-bond acceptors (Lipinski definition) is 4. The van der Waals surface area contributed by atoms with Crippen molar-refractivity contribution in [3.8, 4) is 0 Å². The summed E-state index contributed by atoms with van der Waals surface area (Å²) in [6.07, 6.45) is 4.23. The lowest BCUT2D eigenvalue weighted by molar-refractivity contribution is 0.0378. The van der Waals surface area contributed by atoms with Gasteiger partial charge in [-0.25, -0.2) is 4.79 Å². The van der Waals surface area contributed by atoms with E-state index in [1.165, 1.54) is 6.42 Å². The van der Waals surface area contributed by atoms with E-state index in [0.717, 1.165) is 24.8 Å². The molecule has 0 aromatic heterocycles. The van der Waals surface area contributed by atoms with Crippen LogP contribution in [0, 0.1) is 5.92 Å². The SMILES string of the molecule is CC(C)CCCC[C@@H](N[S+]([O-])C(C)(C)C)c1ccc(C(=O)OC(C)C)cc1. The molecule has 0 saturated heterocycles. The lowest BCUT2D eigenvalue weighted by atomic mass is 9.98. The number of benzene rings is 1. The largest absolute Gasteiger partial charge is 0.598 e. The van der Waals surface area contributed by atoms with E-state index in [4.69, 9.17) is 4.74 Å². The second kappa shape index (κ2) is 11.1. The Kier molecular flexibility index (Phi) is 9.85. The zero-order valence-electron chi connectivity index (χ0n) is 18.0. The fraction of sp³-hybridized carbons (Fsp3) is 0.682. The molecule has 2 atom stereocenters. The summed E-state index contributed by atoms with van der Waals surface area (Å²) in [5.41, 5.74) is 1.60. The first-order valence-corrected chi connectivity index (χ1v) is 11.1. The molecule has 0 aliphatic rings. The molecule has 0 fully saturated rings. The summed E-state index contributed by atoms with van der Waals surface area (Å²) in [7, 11) is 0.